The predicted octanol–water partition coefficient (Wildman–Crippen LogP) is 1.06. The summed E-state index contributed by atoms with van der Waals surface area (Å²) in [4.78, 5) is 11.1. The van der Waals surface area contributed by atoms with Crippen molar-refractivity contribution >= 4 is 5.91 Å². The van der Waals surface area contributed by atoms with E-state index in [1.54, 1.807) is 6.92 Å². The number of carbonyl (C=O) groups is 1. The Hall–Kier alpha value is -1.55. The molecule has 1 aromatic rings. The van der Waals surface area contributed by atoms with Gasteiger partial charge in [-0.1, -0.05) is 6.07 Å². The number of ether oxygens (including phenoxy) is 1. The zero-order valence-corrected chi connectivity index (χ0v) is 9.20. The maximum Gasteiger partial charge on any atom is 0.274 e. The number of amides is 1. The van der Waals surface area contributed by atoms with E-state index in [1.165, 1.54) is 0 Å². The molecule has 1 aromatic carbocycles. The fraction of sp³-hybridized carbons (Fsp3) is 0.364. The Morgan fingerprint density at radius 3 is 2.33 bits per heavy atom. The summed E-state index contributed by atoms with van der Waals surface area (Å²) in [6.45, 7) is 5.61. The summed E-state index contributed by atoms with van der Waals surface area (Å²) in [6.07, 6.45) is -0.587. The van der Waals surface area contributed by atoms with E-state index >= 15 is 0 Å². The van der Waals surface area contributed by atoms with E-state index in [4.69, 9.17) is 10.6 Å². The van der Waals surface area contributed by atoms with Crippen LogP contribution >= 0.6 is 0 Å². The third-order valence-electron chi connectivity index (χ3n) is 2.02. The molecule has 4 heteroatoms. The number of hydrogen-bond acceptors (Lipinski definition) is 3. The molecule has 1 rings (SSSR count). The van der Waals surface area contributed by atoms with Gasteiger partial charge in [0.15, 0.2) is 6.10 Å². The normalized spacial score (nSPS) is 12.0. The van der Waals surface area contributed by atoms with Gasteiger partial charge in [-0.15, -0.1) is 0 Å². The Labute approximate surface area is 89.4 Å². The van der Waals surface area contributed by atoms with Gasteiger partial charge in [0.1, 0.15) is 5.75 Å². The predicted molar refractivity (Wildman–Crippen MR) is 58.3 cm³/mol. The van der Waals surface area contributed by atoms with Gasteiger partial charge in [0.05, 0.1) is 0 Å². The molecule has 0 saturated carbocycles. The first-order valence-corrected chi connectivity index (χ1v) is 4.78. The molecule has 1 amide bonds. The number of hydrazine groups is 1. The summed E-state index contributed by atoms with van der Waals surface area (Å²) in [6, 6.07) is 5.81. The van der Waals surface area contributed by atoms with E-state index in [9.17, 15) is 4.79 Å². The standard InChI is InChI=1S/C11H16N2O2/c1-7-4-8(2)6-10(5-7)15-9(3)11(14)13-12/h4-6,9H,12H2,1-3H3,(H,13,14)/t9-/m1/s1. The monoisotopic (exact) mass is 208 g/mol. The van der Waals surface area contributed by atoms with Gasteiger partial charge < -0.3 is 4.74 Å². The molecule has 0 fully saturated rings. The van der Waals surface area contributed by atoms with Crippen molar-refractivity contribution in [2.75, 3.05) is 0 Å². The van der Waals surface area contributed by atoms with Crippen molar-refractivity contribution in [2.24, 2.45) is 5.84 Å². The molecule has 0 unspecified atom stereocenters. The molecule has 3 N–H and O–H groups in total. The lowest BCUT2D eigenvalue weighted by Crippen LogP contribution is -2.40. The summed E-state index contributed by atoms with van der Waals surface area (Å²) in [7, 11) is 0. The average Bonchev–Trinajstić information content (AvgIpc) is 2.14. The van der Waals surface area contributed by atoms with E-state index in [-0.39, 0.29) is 5.91 Å². The first kappa shape index (κ1) is 11.5. The number of carbonyl (C=O) groups excluding carboxylic acids is 1. The van der Waals surface area contributed by atoms with Gasteiger partial charge in [0.2, 0.25) is 0 Å². The molecular weight excluding hydrogens is 192 g/mol. The first-order chi connectivity index (χ1) is 7.02. The van der Waals surface area contributed by atoms with Gasteiger partial charge in [-0.25, -0.2) is 5.84 Å². The van der Waals surface area contributed by atoms with Crippen LogP contribution in [0.4, 0.5) is 0 Å². The molecule has 0 bridgehead atoms. The third kappa shape index (κ3) is 3.25. The highest BCUT2D eigenvalue weighted by Gasteiger charge is 2.12. The Morgan fingerprint density at radius 1 is 1.33 bits per heavy atom. The van der Waals surface area contributed by atoms with Crippen LogP contribution in [0.5, 0.6) is 5.75 Å². The van der Waals surface area contributed by atoms with Crippen LogP contribution in [0, 0.1) is 13.8 Å². The Morgan fingerprint density at radius 2 is 1.87 bits per heavy atom. The molecule has 0 saturated heterocycles. The summed E-state index contributed by atoms with van der Waals surface area (Å²) < 4.78 is 5.44. The fourth-order valence-electron chi connectivity index (χ4n) is 1.38. The number of nitrogens with two attached hydrogens (primary N) is 1. The van der Waals surface area contributed by atoms with Gasteiger partial charge in [0, 0.05) is 0 Å². The quantitative estimate of drug-likeness (QED) is 0.443. The lowest BCUT2D eigenvalue weighted by molar-refractivity contribution is -0.127. The molecule has 1 atom stereocenters. The van der Waals surface area contributed by atoms with Crippen LogP contribution in [0.1, 0.15) is 18.1 Å². The summed E-state index contributed by atoms with van der Waals surface area (Å²) >= 11 is 0. The molecule has 82 valence electrons. The van der Waals surface area contributed by atoms with E-state index in [1.807, 2.05) is 32.0 Å². The smallest absolute Gasteiger partial charge is 0.274 e. The lowest BCUT2D eigenvalue weighted by atomic mass is 10.1. The number of hydrogen-bond donors (Lipinski definition) is 2. The maximum absolute atomic E-state index is 11.1. The molecule has 0 aromatic heterocycles. The van der Waals surface area contributed by atoms with E-state index in [0.717, 1.165) is 11.1 Å². The van der Waals surface area contributed by atoms with Crippen LogP contribution in [-0.2, 0) is 4.79 Å². The topological polar surface area (TPSA) is 64.3 Å². The van der Waals surface area contributed by atoms with Crippen molar-refractivity contribution in [3.63, 3.8) is 0 Å². The molecule has 0 aliphatic heterocycles. The van der Waals surface area contributed by atoms with E-state index < -0.39 is 6.10 Å². The minimum absolute atomic E-state index is 0.339. The van der Waals surface area contributed by atoms with Gasteiger partial charge in [-0.05, 0) is 44.0 Å². The van der Waals surface area contributed by atoms with Crippen LogP contribution in [0.15, 0.2) is 18.2 Å². The second-order valence-electron chi connectivity index (χ2n) is 3.59. The van der Waals surface area contributed by atoms with Crippen molar-refractivity contribution in [1.29, 1.82) is 0 Å². The highest BCUT2D eigenvalue weighted by atomic mass is 16.5. The minimum atomic E-state index is -0.587. The molecule has 0 radical (unpaired) electrons. The molecule has 0 aliphatic carbocycles. The third-order valence-corrected chi connectivity index (χ3v) is 2.02. The molecule has 0 aliphatic rings. The van der Waals surface area contributed by atoms with Crippen LogP contribution in [0.25, 0.3) is 0 Å². The molecular formula is C11H16N2O2. The van der Waals surface area contributed by atoms with Crippen LogP contribution in [0.2, 0.25) is 0 Å². The summed E-state index contributed by atoms with van der Waals surface area (Å²) in [5.74, 6) is 5.35. The molecule has 4 nitrogen and oxygen atoms in total. The average molecular weight is 208 g/mol. The SMILES string of the molecule is Cc1cc(C)cc(O[C@H](C)C(=O)NN)c1. The lowest BCUT2D eigenvalue weighted by Gasteiger charge is -2.13. The number of nitrogens with one attached hydrogen (secondary N) is 1. The van der Waals surface area contributed by atoms with Crippen molar-refractivity contribution < 1.29 is 9.53 Å². The van der Waals surface area contributed by atoms with E-state index in [2.05, 4.69) is 5.43 Å². The Kier molecular flexibility index (Phi) is 3.68. The molecule has 15 heavy (non-hydrogen) atoms. The number of rotatable bonds is 3. The minimum Gasteiger partial charge on any atom is -0.481 e. The van der Waals surface area contributed by atoms with E-state index in [0.29, 0.717) is 5.75 Å². The second-order valence-corrected chi connectivity index (χ2v) is 3.59. The zero-order chi connectivity index (χ0) is 11.4. The number of aryl methyl sites for hydroxylation is 2. The van der Waals surface area contributed by atoms with Crippen molar-refractivity contribution in [3.05, 3.63) is 29.3 Å². The van der Waals surface area contributed by atoms with Crippen LogP contribution in [0.3, 0.4) is 0 Å². The van der Waals surface area contributed by atoms with Crippen molar-refractivity contribution in [2.45, 2.75) is 26.9 Å². The highest BCUT2D eigenvalue weighted by molar-refractivity contribution is 5.80. The highest BCUT2D eigenvalue weighted by Crippen LogP contribution is 2.17. The van der Waals surface area contributed by atoms with Crippen LogP contribution in [-0.4, -0.2) is 12.0 Å². The molecule has 0 heterocycles. The van der Waals surface area contributed by atoms with Crippen molar-refractivity contribution in [3.8, 4) is 5.75 Å². The molecule has 0 spiro atoms. The van der Waals surface area contributed by atoms with Crippen LogP contribution < -0.4 is 16.0 Å². The Balaban J connectivity index is 2.76. The van der Waals surface area contributed by atoms with Gasteiger partial charge >= 0.3 is 0 Å². The van der Waals surface area contributed by atoms with Gasteiger partial charge in [0.25, 0.3) is 5.91 Å². The first-order valence-electron chi connectivity index (χ1n) is 4.78. The van der Waals surface area contributed by atoms with Crippen molar-refractivity contribution in [1.82, 2.24) is 5.43 Å². The maximum atomic E-state index is 11.1. The summed E-state index contributed by atoms with van der Waals surface area (Å²) in [5, 5.41) is 0. The number of benzene rings is 1. The second kappa shape index (κ2) is 4.79. The van der Waals surface area contributed by atoms with Gasteiger partial charge in [-0.3, -0.25) is 10.2 Å². The van der Waals surface area contributed by atoms with Gasteiger partial charge in [-0.2, -0.15) is 0 Å². The zero-order valence-electron chi connectivity index (χ0n) is 9.20. The summed E-state index contributed by atoms with van der Waals surface area (Å²) in [5.41, 5.74) is 4.25. The fourth-order valence-corrected chi connectivity index (χ4v) is 1.38. The largest absolute Gasteiger partial charge is 0.481 e. The Bertz CT molecular complexity index is 343.